The maximum Gasteiger partial charge on any atom is 0.256 e. The van der Waals surface area contributed by atoms with Crippen molar-refractivity contribution >= 4 is 73.1 Å². The van der Waals surface area contributed by atoms with Gasteiger partial charge in [0.2, 0.25) is 17.5 Å². The lowest BCUT2D eigenvalue weighted by atomic mass is 9.81. The Morgan fingerprint density at radius 3 is 2.46 bits per heavy atom. The SMILES string of the molecule is CC(=O)NC(CCSCC(=O)Nc1ccc2c(c1)C(C)(C)C(/C=C/C=C/C=C1/N(CCCCS(=O)(=O)[O-])c3ccc4ccccc4c3C1(C)C)=[N+]2C)C(=O)NN. The van der Waals surface area contributed by atoms with E-state index in [0.29, 0.717) is 37.2 Å². The maximum absolute atomic E-state index is 12.8. The highest BCUT2D eigenvalue weighted by atomic mass is 32.2. The monoisotopic (exact) mass is 800 g/mol. The van der Waals surface area contributed by atoms with Gasteiger partial charge < -0.3 is 20.1 Å². The lowest BCUT2D eigenvalue weighted by Gasteiger charge is -2.27. The van der Waals surface area contributed by atoms with Crippen LogP contribution >= 0.6 is 11.8 Å². The van der Waals surface area contributed by atoms with Gasteiger partial charge in [0.1, 0.15) is 13.1 Å². The second-order valence-electron chi connectivity index (χ2n) is 15.2. The number of carbonyl (C=O) groups excluding carboxylic acids is 3. The minimum absolute atomic E-state index is 0.169. The molecule has 0 radical (unpaired) electrons. The third kappa shape index (κ3) is 9.60. The van der Waals surface area contributed by atoms with E-state index in [1.54, 1.807) is 0 Å². The molecule has 0 bridgehead atoms. The number of unbranched alkanes of at least 4 members (excludes halogenated alkanes) is 1. The molecule has 5 rings (SSSR count). The highest BCUT2D eigenvalue weighted by molar-refractivity contribution is 7.99. The van der Waals surface area contributed by atoms with Crippen molar-refractivity contribution in [2.75, 3.05) is 41.1 Å². The predicted molar refractivity (Wildman–Crippen MR) is 225 cm³/mol. The van der Waals surface area contributed by atoms with Crippen LogP contribution in [0.2, 0.25) is 0 Å². The lowest BCUT2D eigenvalue weighted by molar-refractivity contribution is -0.401. The molecule has 14 heteroatoms. The topological polar surface area (TPSA) is 177 Å². The van der Waals surface area contributed by atoms with Crippen LogP contribution in [-0.4, -0.2) is 77.9 Å². The fraction of sp³-hybridized carbons (Fsp3) is 0.381. The van der Waals surface area contributed by atoms with Gasteiger partial charge in [0.15, 0.2) is 5.71 Å². The Bertz CT molecular complexity index is 2240. The summed E-state index contributed by atoms with van der Waals surface area (Å²) in [4.78, 5) is 38.4. The Hall–Kier alpha value is -4.76. The van der Waals surface area contributed by atoms with Crippen molar-refractivity contribution in [3.05, 3.63) is 102 Å². The van der Waals surface area contributed by atoms with Crippen LogP contribution < -0.4 is 26.8 Å². The first kappa shape index (κ1) is 42.4. The number of amides is 3. The molecule has 0 spiro atoms. The molecule has 5 N–H and O–H groups in total. The Labute approximate surface area is 334 Å². The third-order valence-electron chi connectivity index (χ3n) is 10.4. The third-order valence-corrected chi connectivity index (χ3v) is 12.2. The van der Waals surface area contributed by atoms with Crippen LogP contribution in [0.3, 0.4) is 0 Å². The van der Waals surface area contributed by atoms with E-state index in [4.69, 9.17) is 5.84 Å². The van der Waals surface area contributed by atoms with Crippen molar-refractivity contribution in [3.63, 3.8) is 0 Å². The van der Waals surface area contributed by atoms with E-state index < -0.39 is 22.1 Å². The highest BCUT2D eigenvalue weighted by Crippen LogP contribution is 2.51. The van der Waals surface area contributed by atoms with E-state index >= 15 is 0 Å². The summed E-state index contributed by atoms with van der Waals surface area (Å²) in [5, 5.41) is 7.90. The number of thioether (sulfide) groups is 1. The normalized spacial score (nSPS) is 17.1. The summed E-state index contributed by atoms with van der Waals surface area (Å²) >= 11 is 1.36. The number of fused-ring (bicyclic) bond motifs is 4. The van der Waals surface area contributed by atoms with Gasteiger partial charge >= 0.3 is 0 Å². The first-order valence-electron chi connectivity index (χ1n) is 18.7. The molecule has 0 saturated carbocycles. The molecule has 2 aliphatic rings. The van der Waals surface area contributed by atoms with Crippen LogP contribution in [0.4, 0.5) is 17.1 Å². The minimum atomic E-state index is -4.27. The number of allylic oxidation sites excluding steroid dienone is 6. The van der Waals surface area contributed by atoms with Crippen molar-refractivity contribution in [1.29, 1.82) is 0 Å². The smallest absolute Gasteiger partial charge is 0.256 e. The van der Waals surface area contributed by atoms with Gasteiger partial charge in [0.25, 0.3) is 5.91 Å². The van der Waals surface area contributed by atoms with Crippen molar-refractivity contribution in [2.24, 2.45) is 5.84 Å². The second-order valence-corrected chi connectivity index (χ2v) is 17.8. The number of nitrogens with two attached hydrogens (primary N) is 1. The van der Waals surface area contributed by atoms with Gasteiger partial charge in [-0.05, 0) is 79.5 Å². The molecule has 0 aromatic heterocycles. The van der Waals surface area contributed by atoms with Gasteiger partial charge in [0.05, 0.1) is 21.3 Å². The number of hydrogen-bond donors (Lipinski definition) is 4. The zero-order valence-electron chi connectivity index (χ0n) is 32.8. The summed E-state index contributed by atoms with van der Waals surface area (Å²) in [5.41, 5.74) is 8.71. The van der Waals surface area contributed by atoms with Crippen LogP contribution in [-0.2, 0) is 35.3 Å². The minimum Gasteiger partial charge on any atom is -0.748 e. The van der Waals surface area contributed by atoms with Gasteiger partial charge in [-0.2, -0.15) is 16.3 Å². The lowest BCUT2D eigenvalue weighted by Crippen LogP contribution is -2.48. The summed E-state index contributed by atoms with van der Waals surface area (Å²) in [5.74, 6) is 4.52. The van der Waals surface area contributed by atoms with Crippen LogP contribution in [0.25, 0.3) is 10.8 Å². The Kier molecular flexibility index (Phi) is 13.3. The Morgan fingerprint density at radius 1 is 1.00 bits per heavy atom. The summed E-state index contributed by atoms with van der Waals surface area (Å²) in [6.45, 7) is 10.7. The van der Waals surface area contributed by atoms with Crippen molar-refractivity contribution in [3.8, 4) is 0 Å². The average Bonchev–Trinajstić information content (AvgIpc) is 3.47. The van der Waals surface area contributed by atoms with Crippen molar-refractivity contribution < 1.29 is 31.9 Å². The zero-order chi connectivity index (χ0) is 40.8. The number of carbonyl (C=O) groups is 3. The molecular formula is C42H52N6O6S2. The van der Waals surface area contributed by atoms with E-state index in [1.807, 2.05) is 55.6 Å². The van der Waals surface area contributed by atoms with Gasteiger partial charge in [0, 0.05) is 59.4 Å². The van der Waals surface area contributed by atoms with Crippen LogP contribution in [0, 0.1) is 0 Å². The van der Waals surface area contributed by atoms with Gasteiger partial charge in [-0.25, -0.2) is 14.3 Å². The molecule has 1 atom stereocenters. The molecule has 0 fully saturated rings. The van der Waals surface area contributed by atoms with E-state index in [1.165, 1.54) is 29.6 Å². The molecule has 1 unspecified atom stereocenters. The van der Waals surface area contributed by atoms with Crippen molar-refractivity contribution in [1.82, 2.24) is 10.7 Å². The standard InChI is InChI=1S/C42H52N6O6S2/c1-28(49)44-33(40(51)46-43)22-24-55-27-38(50)45-30-19-21-34-32(26-30)41(2,3)36(47(34)6)16-8-7-9-17-37-42(4,5)39-31-15-11-10-14-29(31)18-20-35(39)48(37)23-12-13-25-56(52,53)54/h7-11,14-21,26,33H,12-13,22-25,27,43H2,1-6H3,(H3-,44,45,46,49,50,51,52,53,54). The second kappa shape index (κ2) is 17.6. The molecule has 2 aliphatic heterocycles. The number of anilines is 2. The van der Waals surface area contributed by atoms with Crippen LogP contribution in [0.1, 0.15) is 65.0 Å². The number of rotatable bonds is 16. The molecule has 56 heavy (non-hydrogen) atoms. The summed E-state index contributed by atoms with van der Waals surface area (Å²) in [6.07, 6.45) is 11.5. The van der Waals surface area contributed by atoms with E-state index in [9.17, 15) is 27.4 Å². The molecule has 3 aromatic carbocycles. The van der Waals surface area contributed by atoms with Gasteiger partial charge in [-0.1, -0.05) is 62.4 Å². The number of hydrogen-bond acceptors (Lipinski definition) is 9. The number of nitrogens with zero attached hydrogens (tertiary/aromatic N) is 2. The molecular weight excluding hydrogens is 749 g/mol. The number of benzene rings is 3. The molecule has 0 aliphatic carbocycles. The van der Waals surface area contributed by atoms with E-state index in [-0.39, 0.29) is 34.2 Å². The maximum atomic E-state index is 12.8. The van der Waals surface area contributed by atoms with Crippen LogP contribution in [0.15, 0.2) is 90.7 Å². The molecule has 3 amide bonds. The first-order valence-corrected chi connectivity index (χ1v) is 21.4. The Balaban J connectivity index is 1.26. The van der Waals surface area contributed by atoms with E-state index in [2.05, 4.69) is 89.6 Å². The van der Waals surface area contributed by atoms with E-state index in [0.717, 1.165) is 33.7 Å². The summed E-state index contributed by atoms with van der Waals surface area (Å²) in [6, 6.07) is 17.7. The van der Waals surface area contributed by atoms with Gasteiger partial charge in [-0.15, -0.1) is 0 Å². The summed E-state index contributed by atoms with van der Waals surface area (Å²) in [7, 11) is -2.23. The van der Waals surface area contributed by atoms with Gasteiger partial charge in [-0.3, -0.25) is 19.8 Å². The van der Waals surface area contributed by atoms with Crippen LogP contribution in [0.5, 0.6) is 0 Å². The first-order chi connectivity index (χ1) is 26.5. The average molecular weight is 801 g/mol. The molecule has 0 saturated heterocycles. The largest absolute Gasteiger partial charge is 0.748 e. The zero-order valence-corrected chi connectivity index (χ0v) is 34.5. The fourth-order valence-electron chi connectivity index (χ4n) is 7.77. The summed E-state index contributed by atoms with van der Waals surface area (Å²) < 4.78 is 36.0. The van der Waals surface area contributed by atoms with Crippen molar-refractivity contribution in [2.45, 2.75) is 70.8 Å². The molecule has 298 valence electrons. The molecule has 3 aromatic rings. The quantitative estimate of drug-likeness (QED) is 0.0276. The fourth-order valence-corrected chi connectivity index (χ4v) is 9.14. The number of hydrazine groups is 1. The Morgan fingerprint density at radius 2 is 1.75 bits per heavy atom. The highest BCUT2D eigenvalue weighted by Gasteiger charge is 2.43. The number of nitrogens with one attached hydrogen (secondary N) is 3. The molecule has 12 nitrogen and oxygen atoms in total. The predicted octanol–water partition coefficient (Wildman–Crippen LogP) is 5.52. The molecule has 2 heterocycles.